The van der Waals surface area contributed by atoms with Gasteiger partial charge in [-0.3, -0.25) is 0 Å². The van der Waals surface area contributed by atoms with Crippen LogP contribution in [0.5, 0.6) is 0 Å². The zero-order chi connectivity index (χ0) is 12.5. The van der Waals surface area contributed by atoms with Crippen LogP contribution < -0.4 is 0 Å². The van der Waals surface area contributed by atoms with Crippen LogP contribution in [-0.4, -0.2) is 5.11 Å². The lowest BCUT2D eigenvalue weighted by atomic mass is 9.75. The molecule has 1 N–H and O–H groups in total. The van der Waals surface area contributed by atoms with E-state index in [0.717, 1.165) is 50.3 Å². The quantitative estimate of drug-likeness (QED) is 0.847. The maximum absolute atomic E-state index is 13.7. The van der Waals surface area contributed by atoms with Crippen molar-refractivity contribution in [1.29, 1.82) is 0 Å². The third-order valence-electron chi connectivity index (χ3n) is 4.14. The van der Waals surface area contributed by atoms with Crippen molar-refractivity contribution in [3.05, 3.63) is 35.4 Å². The van der Waals surface area contributed by atoms with Crippen molar-refractivity contribution in [2.24, 2.45) is 5.41 Å². The lowest BCUT2D eigenvalue weighted by Gasteiger charge is -2.33. The fraction of sp³-hybridized carbons (Fsp3) is 0.571. The van der Waals surface area contributed by atoms with Crippen LogP contribution in [0.4, 0.5) is 8.78 Å². The Bertz CT molecular complexity index is 397. The molecule has 0 heterocycles. The number of hydrogen-bond acceptors (Lipinski definition) is 1. The summed E-state index contributed by atoms with van der Waals surface area (Å²) in [4.78, 5) is 0. The van der Waals surface area contributed by atoms with E-state index in [-0.39, 0.29) is 11.0 Å². The Morgan fingerprint density at radius 1 is 1.29 bits per heavy atom. The Morgan fingerprint density at radius 3 is 2.53 bits per heavy atom. The predicted molar refractivity (Wildman–Crippen MR) is 62.5 cm³/mol. The Balaban J connectivity index is 2.35. The first-order valence-corrected chi connectivity index (χ1v) is 6.22. The van der Waals surface area contributed by atoms with Gasteiger partial charge in [0.05, 0.1) is 6.10 Å². The second-order valence-corrected chi connectivity index (χ2v) is 4.99. The number of aliphatic hydroxyl groups is 1. The van der Waals surface area contributed by atoms with Gasteiger partial charge in [-0.2, -0.15) is 0 Å². The van der Waals surface area contributed by atoms with Crippen LogP contribution in [0.2, 0.25) is 0 Å². The monoisotopic (exact) mass is 240 g/mol. The van der Waals surface area contributed by atoms with Gasteiger partial charge >= 0.3 is 0 Å². The number of hydrogen-bond donors (Lipinski definition) is 1. The minimum atomic E-state index is -0.898. The highest BCUT2D eigenvalue weighted by Crippen LogP contribution is 2.50. The maximum Gasteiger partial charge on any atom is 0.129 e. The first-order valence-electron chi connectivity index (χ1n) is 6.22. The molecule has 1 aliphatic carbocycles. The largest absolute Gasteiger partial charge is 0.388 e. The normalized spacial score (nSPS) is 20.5. The van der Waals surface area contributed by atoms with E-state index in [2.05, 4.69) is 0 Å². The van der Waals surface area contributed by atoms with Crippen molar-refractivity contribution in [1.82, 2.24) is 0 Å². The van der Waals surface area contributed by atoms with E-state index in [0.29, 0.717) is 0 Å². The fourth-order valence-corrected chi connectivity index (χ4v) is 2.95. The number of benzene rings is 1. The molecule has 94 valence electrons. The van der Waals surface area contributed by atoms with Gasteiger partial charge in [0.25, 0.3) is 0 Å². The van der Waals surface area contributed by atoms with Crippen molar-refractivity contribution in [2.75, 3.05) is 0 Å². The van der Waals surface area contributed by atoms with Gasteiger partial charge in [-0.25, -0.2) is 8.78 Å². The van der Waals surface area contributed by atoms with Crippen molar-refractivity contribution < 1.29 is 13.9 Å². The molecule has 1 fully saturated rings. The van der Waals surface area contributed by atoms with Gasteiger partial charge in [0.2, 0.25) is 0 Å². The van der Waals surface area contributed by atoms with Gasteiger partial charge in [-0.15, -0.1) is 0 Å². The van der Waals surface area contributed by atoms with E-state index < -0.39 is 17.7 Å². The second kappa shape index (κ2) is 4.73. The van der Waals surface area contributed by atoms with Crippen LogP contribution in [0, 0.1) is 17.0 Å². The molecule has 0 amide bonds. The van der Waals surface area contributed by atoms with Crippen LogP contribution in [0.3, 0.4) is 0 Å². The summed E-state index contributed by atoms with van der Waals surface area (Å²) in [7, 11) is 0. The molecule has 17 heavy (non-hydrogen) atoms. The van der Waals surface area contributed by atoms with Gasteiger partial charge in [0.1, 0.15) is 11.6 Å². The highest BCUT2D eigenvalue weighted by atomic mass is 19.1. The van der Waals surface area contributed by atoms with E-state index in [9.17, 15) is 13.9 Å². The first kappa shape index (κ1) is 12.5. The molecule has 1 aromatic carbocycles. The smallest absolute Gasteiger partial charge is 0.129 e. The molecule has 2 rings (SSSR count). The lowest BCUT2D eigenvalue weighted by Crippen LogP contribution is -2.26. The zero-order valence-electron chi connectivity index (χ0n) is 10.0. The van der Waals surface area contributed by atoms with E-state index in [1.807, 2.05) is 6.92 Å². The third-order valence-corrected chi connectivity index (χ3v) is 4.14. The molecule has 0 spiro atoms. The molecule has 0 bridgehead atoms. The summed E-state index contributed by atoms with van der Waals surface area (Å²) in [5.41, 5.74) is -0.164. The average molecular weight is 240 g/mol. The summed E-state index contributed by atoms with van der Waals surface area (Å²) in [6.07, 6.45) is 3.79. The van der Waals surface area contributed by atoms with Gasteiger partial charge in [-0.1, -0.05) is 19.8 Å². The van der Waals surface area contributed by atoms with Crippen LogP contribution in [0.1, 0.15) is 50.7 Å². The third kappa shape index (κ3) is 2.21. The van der Waals surface area contributed by atoms with Gasteiger partial charge < -0.3 is 5.11 Å². The Morgan fingerprint density at radius 2 is 1.94 bits per heavy atom. The van der Waals surface area contributed by atoms with Gasteiger partial charge in [0, 0.05) is 11.0 Å². The summed E-state index contributed by atoms with van der Waals surface area (Å²) >= 11 is 0. The van der Waals surface area contributed by atoms with Gasteiger partial charge in [-0.05, 0) is 37.5 Å². The van der Waals surface area contributed by atoms with E-state index in [1.165, 1.54) is 0 Å². The topological polar surface area (TPSA) is 20.2 Å². The van der Waals surface area contributed by atoms with Crippen LogP contribution in [0.15, 0.2) is 18.2 Å². The summed E-state index contributed by atoms with van der Waals surface area (Å²) in [6, 6.07) is 3.29. The Hall–Kier alpha value is -0.960. The van der Waals surface area contributed by atoms with E-state index in [4.69, 9.17) is 0 Å². The van der Waals surface area contributed by atoms with Crippen LogP contribution in [-0.2, 0) is 0 Å². The molecule has 1 unspecified atom stereocenters. The van der Waals surface area contributed by atoms with Crippen molar-refractivity contribution in [3.8, 4) is 0 Å². The Labute approximate surface area is 100 Å². The highest BCUT2D eigenvalue weighted by Gasteiger charge is 2.40. The van der Waals surface area contributed by atoms with E-state index in [1.54, 1.807) is 0 Å². The van der Waals surface area contributed by atoms with E-state index >= 15 is 0 Å². The molecule has 1 aliphatic rings. The maximum atomic E-state index is 13.7. The lowest BCUT2D eigenvalue weighted by molar-refractivity contribution is 0.0209. The molecule has 0 radical (unpaired) electrons. The zero-order valence-corrected chi connectivity index (χ0v) is 10.0. The van der Waals surface area contributed by atoms with Crippen molar-refractivity contribution in [3.63, 3.8) is 0 Å². The summed E-state index contributed by atoms with van der Waals surface area (Å²) in [6.45, 7) is 2.01. The van der Waals surface area contributed by atoms with Crippen LogP contribution in [0.25, 0.3) is 0 Å². The van der Waals surface area contributed by atoms with Crippen molar-refractivity contribution in [2.45, 2.75) is 45.1 Å². The SMILES string of the molecule is CCC1(C(O)c2cc(F)ccc2F)CCCC1. The molecule has 0 aliphatic heterocycles. The molecule has 3 heteroatoms. The molecule has 0 aromatic heterocycles. The molecule has 1 nitrogen and oxygen atoms in total. The first-order chi connectivity index (χ1) is 8.09. The standard InChI is InChI=1S/C14H18F2O/c1-2-14(7-3-4-8-14)13(17)11-9-10(15)5-6-12(11)16/h5-6,9,13,17H,2-4,7-8H2,1H3. The summed E-state index contributed by atoms with van der Waals surface area (Å²) in [5, 5.41) is 10.4. The second-order valence-electron chi connectivity index (χ2n) is 4.99. The summed E-state index contributed by atoms with van der Waals surface area (Å²) < 4.78 is 26.8. The van der Waals surface area contributed by atoms with Gasteiger partial charge in [0.15, 0.2) is 0 Å². The minimum absolute atomic E-state index is 0.105. The number of rotatable bonds is 3. The Kier molecular flexibility index (Phi) is 3.48. The summed E-state index contributed by atoms with van der Waals surface area (Å²) in [5.74, 6) is -1.01. The molecule has 1 aromatic rings. The number of aliphatic hydroxyl groups excluding tert-OH is 1. The molecule has 1 atom stereocenters. The fourth-order valence-electron chi connectivity index (χ4n) is 2.95. The molecule has 0 saturated heterocycles. The van der Waals surface area contributed by atoms with Crippen molar-refractivity contribution >= 4 is 0 Å². The number of halogens is 2. The minimum Gasteiger partial charge on any atom is -0.388 e. The highest BCUT2D eigenvalue weighted by molar-refractivity contribution is 5.23. The predicted octanol–water partition coefficient (Wildman–Crippen LogP) is 3.97. The average Bonchev–Trinajstić information content (AvgIpc) is 2.81. The molecular formula is C14H18F2O. The van der Waals surface area contributed by atoms with Crippen LogP contribution >= 0.6 is 0 Å². The molecule has 1 saturated carbocycles. The molecular weight excluding hydrogens is 222 g/mol.